The van der Waals surface area contributed by atoms with Gasteiger partial charge in [-0.3, -0.25) is 0 Å². The van der Waals surface area contributed by atoms with Crippen LogP contribution in [0, 0.1) is 0 Å². The quantitative estimate of drug-likeness (QED) is 0.553. The second-order valence-corrected chi connectivity index (χ2v) is 5.75. The molecule has 0 fully saturated rings. The molecule has 0 unspecified atom stereocenters. The molecule has 0 aliphatic rings. The molecule has 1 N–H and O–H groups in total. The van der Waals surface area contributed by atoms with Crippen molar-refractivity contribution in [3.8, 4) is 11.5 Å². The van der Waals surface area contributed by atoms with E-state index in [-0.39, 0.29) is 0 Å². The van der Waals surface area contributed by atoms with E-state index in [1.54, 1.807) is 13.8 Å². The molecule has 0 aliphatic heterocycles. The molecule has 0 aliphatic carbocycles. The Bertz CT molecular complexity index is 665. The van der Waals surface area contributed by atoms with Crippen molar-refractivity contribution in [3.63, 3.8) is 0 Å². The molecule has 0 saturated heterocycles. The van der Waals surface area contributed by atoms with Gasteiger partial charge >= 0.3 is 20.5 Å². The molecular weight excluding hydrogens is 359 g/mol. The first kappa shape index (κ1) is 19.7. The lowest BCUT2D eigenvalue weighted by atomic mass is 10.2. The second-order valence-electron chi connectivity index (χ2n) is 4.91. The molecule has 0 spiro atoms. The maximum absolute atomic E-state index is 11.6. The Kier molecular flexibility index (Phi) is 7.38. The summed E-state index contributed by atoms with van der Waals surface area (Å²) in [6.07, 6.45) is 0. The average Bonchev–Trinajstić information content (AvgIpc) is 2.63. The van der Waals surface area contributed by atoms with Crippen LogP contribution < -0.4 is 9.05 Å². The molecule has 2 rings (SSSR count). The Morgan fingerprint density at radius 3 is 1.42 bits per heavy atom. The number of carbonyl (C=O) groups excluding carboxylic acids is 2. The van der Waals surface area contributed by atoms with Crippen LogP contribution in [0.5, 0.6) is 11.5 Å². The van der Waals surface area contributed by atoms with Gasteiger partial charge in [-0.1, -0.05) is 0 Å². The number of hydrogen-bond acceptors (Lipinski definition) is 7. The van der Waals surface area contributed by atoms with Gasteiger partial charge in [0.05, 0.1) is 24.3 Å². The first-order valence-electron chi connectivity index (χ1n) is 7.92. The van der Waals surface area contributed by atoms with Crippen molar-refractivity contribution in [2.45, 2.75) is 13.8 Å². The minimum absolute atomic E-state index is 0.293. The van der Waals surface area contributed by atoms with Crippen LogP contribution in [0.3, 0.4) is 0 Å². The predicted octanol–water partition coefficient (Wildman–Crippen LogP) is 3.72. The summed E-state index contributed by atoms with van der Waals surface area (Å²) in [5, 5.41) is 0. The van der Waals surface area contributed by atoms with Gasteiger partial charge in [-0.2, -0.15) is 0 Å². The molecule has 2 aromatic carbocycles. The van der Waals surface area contributed by atoms with Gasteiger partial charge in [0.2, 0.25) is 0 Å². The van der Waals surface area contributed by atoms with E-state index in [1.807, 2.05) is 0 Å². The molecule has 0 atom stereocenters. The van der Waals surface area contributed by atoms with E-state index in [2.05, 4.69) is 0 Å². The van der Waals surface area contributed by atoms with Crippen molar-refractivity contribution in [1.29, 1.82) is 0 Å². The Labute approximate surface area is 152 Å². The summed E-state index contributed by atoms with van der Waals surface area (Å²) in [7, 11) is -2.23. The third-order valence-electron chi connectivity index (χ3n) is 3.10. The van der Waals surface area contributed by atoms with Crippen molar-refractivity contribution < 1.29 is 33.0 Å². The number of ether oxygens (including phenoxy) is 2. The summed E-state index contributed by atoms with van der Waals surface area (Å²) < 4.78 is 20.3. The van der Waals surface area contributed by atoms with Gasteiger partial charge in [0, 0.05) is 0 Å². The minimum atomic E-state index is -2.23. The van der Waals surface area contributed by atoms with Gasteiger partial charge in [-0.25, -0.2) is 9.59 Å². The highest BCUT2D eigenvalue weighted by Crippen LogP contribution is 2.36. The largest absolute Gasteiger partial charge is 0.462 e. The third-order valence-corrected chi connectivity index (χ3v) is 3.83. The Balaban J connectivity index is 1.91. The SMILES string of the molecule is CCOC(=O)c1ccc(OP(O)Oc2ccc(C(=O)OCC)cc2)cc1. The number of benzene rings is 2. The summed E-state index contributed by atoms with van der Waals surface area (Å²) in [6.45, 7) is 4.04. The maximum atomic E-state index is 11.6. The molecule has 7 nitrogen and oxygen atoms in total. The topological polar surface area (TPSA) is 91.3 Å². The molecule has 2 aromatic rings. The van der Waals surface area contributed by atoms with E-state index in [0.717, 1.165) is 0 Å². The molecular formula is C18H19O7P. The highest BCUT2D eigenvalue weighted by atomic mass is 31.2. The zero-order valence-corrected chi connectivity index (χ0v) is 15.3. The van der Waals surface area contributed by atoms with E-state index in [4.69, 9.17) is 18.5 Å². The lowest BCUT2D eigenvalue weighted by Gasteiger charge is -2.12. The Morgan fingerprint density at radius 1 is 0.769 bits per heavy atom. The van der Waals surface area contributed by atoms with Gasteiger partial charge in [0.25, 0.3) is 0 Å². The van der Waals surface area contributed by atoms with Crippen LogP contribution in [0.15, 0.2) is 48.5 Å². The first-order valence-corrected chi connectivity index (χ1v) is 9.05. The third kappa shape index (κ3) is 5.72. The lowest BCUT2D eigenvalue weighted by molar-refractivity contribution is 0.0516. The van der Waals surface area contributed by atoms with Gasteiger partial charge in [0.15, 0.2) is 0 Å². The van der Waals surface area contributed by atoms with E-state index >= 15 is 0 Å². The molecule has 0 heterocycles. The predicted molar refractivity (Wildman–Crippen MR) is 95.2 cm³/mol. The van der Waals surface area contributed by atoms with Crippen LogP contribution in [0.4, 0.5) is 0 Å². The summed E-state index contributed by atoms with van der Waals surface area (Å²) in [5.41, 5.74) is 0.772. The van der Waals surface area contributed by atoms with E-state index in [9.17, 15) is 14.5 Å². The van der Waals surface area contributed by atoms with Gasteiger partial charge in [0.1, 0.15) is 11.5 Å². The van der Waals surface area contributed by atoms with Crippen LogP contribution in [0.1, 0.15) is 34.6 Å². The molecule has 0 aromatic heterocycles. The van der Waals surface area contributed by atoms with Gasteiger partial charge in [-0.05, 0) is 62.4 Å². The average molecular weight is 378 g/mol. The van der Waals surface area contributed by atoms with Gasteiger partial charge in [-0.15, -0.1) is 0 Å². The second kappa shape index (κ2) is 9.75. The van der Waals surface area contributed by atoms with E-state index in [0.29, 0.717) is 35.8 Å². The molecule has 0 amide bonds. The standard InChI is InChI=1S/C18H19O7P/c1-3-22-17(19)13-5-9-15(10-6-13)24-26(21)25-16-11-7-14(8-12-16)18(20)23-4-2/h5-12,21H,3-4H2,1-2H3. The number of hydrogen-bond donors (Lipinski definition) is 1. The smallest absolute Gasteiger partial charge is 0.460 e. The van der Waals surface area contributed by atoms with Crippen molar-refractivity contribution in [2.24, 2.45) is 0 Å². The number of carbonyl (C=O) groups is 2. The summed E-state index contributed by atoms with van der Waals surface area (Å²) in [5.74, 6) is -0.170. The number of rotatable bonds is 8. The molecule has 0 bridgehead atoms. The van der Waals surface area contributed by atoms with Crippen molar-refractivity contribution in [3.05, 3.63) is 59.7 Å². The van der Waals surface area contributed by atoms with Crippen molar-refractivity contribution in [1.82, 2.24) is 0 Å². The van der Waals surface area contributed by atoms with Crippen LogP contribution in [-0.2, 0) is 9.47 Å². The van der Waals surface area contributed by atoms with Crippen LogP contribution in [0.25, 0.3) is 0 Å². The fourth-order valence-corrected chi connectivity index (χ4v) is 2.57. The highest BCUT2D eigenvalue weighted by molar-refractivity contribution is 7.41. The zero-order valence-electron chi connectivity index (χ0n) is 14.4. The minimum Gasteiger partial charge on any atom is -0.462 e. The summed E-state index contributed by atoms with van der Waals surface area (Å²) >= 11 is 0. The first-order chi connectivity index (χ1) is 12.5. The Morgan fingerprint density at radius 2 is 1.12 bits per heavy atom. The van der Waals surface area contributed by atoms with Gasteiger partial charge < -0.3 is 23.4 Å². The molecule has 26 heavy (non-hydrogen) atoms. The zero-order chi connectivity index (χ0) is 18.9. The summed E-state index contributed by atoms with van der Waals surface area (Å²) in [6, 6.07) is 12.3. The fraction of sp³-hybridized carbons (Fsp3) is 0.222. The molecule has 138 valence electrons. The summed E-state index contributed by atoms with van der Waals surface area (Å²) in [4.78, 5) is 33.1. The maximum Gasteiger partial charge on any atom is 0.460 e. The number of esters is 2. The van der Waals surface area contributed by atoms with Crippen molar-refractivity contribution in [2.75, 3.05) is 13.2 Å². The molecule has 8 heteroatoms. The highest BCUT2D eigenvalue weighted by Gasteiger charge is 2.14. The van der Waals surface area contributed by atoms with E-state index in [1.165, 1.54) is 48.5 Å². The Hall–Kier alpha value is -2.63. The van der Waals surface area contributed by atoms with Crippen LogP contribution in [0.2, 0.25) is 0 Å². The fourth-order valence-electron chi connectivity index (χ4n) is 1.93. The lowest BCUT2D eigenvalue weighted by Crippen LogP contribution is -2.04. The monoisotopic (exact) mass is 378 g/mol. The van der Waals surface area contributed by atoms with E-state index < -0.39 is 20.5 Å². The molecule has 0 saturated carbocycles. The van der Waals surface area contributed by atoms with Crippen LogP contribution >= 0.6 is 8.60 Å². The molecule has 0 radical (unpaired) electrons. The normalized spacial score (nSPS) is 10.3. The van der Waals surface area contributed by atoms with Crippen LogP contribution in [-0.4, -0.2) is 30.0 Å². The van der Waals surface area contributed by atoms with Crippen molar-refractivity contribution >= 4 is 20.5 Å².